The van der Waals surface area contributed by atoms with Crippen molar-refractivity contribution in [2.45, 2.75) is 19.9 Å². The number of benzene rings is 1. The van der Waals surface area contributed by atoms with Gasteiger partial charge in [0.05, 0.1) is 22.3 Å². The van der Waals surface area contributed by atoms with Crippen molar-refractivity contribution in [2.75, 3.05) is 26.2 Å². The second-order valence-corrected chi connectivity index (χ2v) is 7.36. The third kappa shape index (κ3) is 3.60. The molecule has 0 atom stereocenters. The first-order chi connectivity index (χ1) is 12.2. The van der Waals surface area contributed by atoms with E-state index < -0.39 is 0 Å². The van der Waals surface area contributed by atoms with Crippen LogP contribution in [0, 0.1) is 6.92 Å². The molecule has 0 radical (unpaired) electrons. The molecule has 0 spiro atoms. The van der Waals surface area contributed by atoms with Gasteiger partial charge in [-0.1, -0.05) is 0 Å². The number of carbonyl (C=O) groups excluding carboxylic acids is 1. The molecule has 0 bridgehead atoms. The van der Waals surface area contributed by atoms with E-state index in [1.54, 1.807) is 11.3 Å². The van der Waals surface area contributed by atoms with Crippen molar-refractivity contribution in [2.24, 2.45) is 0 Å². The number of fused-ring (bicyclic) bond motifs is 1. The minimum absolute atomic E-state index is 0.102. The second kappa shape index (κ2) is 6.98. The van der Waals surface area contributed by atoms with Crippen LogP contribution < -0.4 is 0 Å². The zero-order valence-corrected chi connectivity index (χ0v) is 15.1. The molecule has 130 valence electrons. The predicted molar refractivity (Wildman–Crippen MR) is 98.9 cm³/mol. The quantitative estimate of drug-likeness (QED) is 0.721. The summed E-state index contributed by atoms with van der Waals surface area (Å²) in [5, 5.41) is 0. The van der Waals surface area contributed by atoms with Crippen LogP contribution >= 0.6 is 11.3 Å². The Labute approximate surface area is 150 Å². The molecule has 1 fully saturated rings. The van der Waals surface area contributed by atoms with Gasteiger partial charge in [0.1, 0.15) is 11.5 Å². The predicted octanol–water partition coefficient (Wildman–Crippen LogP) is 3.55. The van der Waals surface area contributed by atoms with Gasteiger partial charge in [0.25, 0.3) is 5.91 Å². The topological polar surface area (TPSA) is 49.6 Å². The molecule has 5 nitrogen and oxygen atoms in total. The summed E-state index contributed by atoms with van der Waals surface area (Å²) in [5.74, 6) is 2.04. The number of hydrogen-bond acceptors (Lipinski definition) is 5. The molecule has 1 aliphatic heterocycles. The summed E-state index contributed by atoms with van der Waals surface area (Å²) in [7, 11) is 0. The minimum atomic E-state index is 0.102. The lowest BCUT2D eigenvalue weighted by atomic mass is 10.2. The van der Waals surface area contributed by atoms with Gasteiger partial charge in [-0.2, -0.15) is 0 Å². The maximum absolute atomic E-state index is 12.9. The number of aryl methyl sites for hydroxylation is 1. The van der Waals surface area contributed by atoms with Crippen molar-refractivity contribution in [1.29, 1.82) is 0 Å². The van der Waals surface area contributed by atoms with Crippen LogP contribution in [0.4, 0.5) is 0 Å². The molecule has 1 aromatic carbocycles. The number of aromatic nitrogens is 1. The van der Waals surface area contributed by atoms with E-state index in [9.17, 15) is 4.79 Å². The van der Waals surface area contributed by atoms with Gasteiger partial charge in [-0.15, -0.1) is 11.3 Å². The molecule has 0 unspecified atom stereocenters. The fourth-order valence-corrected chi connectivity index (χ4v) is 3.95. The van der Waals surface area contributed by atoms with E-state index in [0.29, 0.717) is 0 Å². The van der Waals surface area contributed by atoms with Gasteiger partial charge < -0.3 is 9.32 Å². The smallest absolute Gasteiger partial charge is 0.253 e. The maximum atomic E-state index is 12.9. The third-order valence-corrected chi connectivity index (χ3v) is 5.44. The standard InChI is InChI=1S/C19H21N3O2S/c1-14-3-5-16(24-14)12-21-7-2-8-22(10-9-21)19(23)15-4-6-18-17(11-15)20-13-25-18/h3-6,11,13H,2,7-10,12H2,1H3. The number of nitrogens with zero attached hydrogens (tertiary/aromatic N) is 3. The van der Waals surface area contributed by atoms with Crippen molar-refractivity contribution in [3.05, 3.63) is 52.9 Å². The lowest BCUT2D eigenvalue weighted by Gasteiger charge is -2.21. The Balaban J connectivity index is 1.42. The summed E-state index contributed by atoms with van der Waals surface area (Å²) in [6, 6.07) is 9.84. The molecule has 3 aromatic rings. The van der Waals surface area contributed by atoms with Crippen LogP contribution in [-0.2, 0) is 6.54 Å². The van der Waals surface area contributed by atoms with Crippen LogP contribution in [0.5, 0.6) is 0 Å². The SMILES string of the molecule is Cc1ccc(CN2CCCN(C(=O)c3ccc4scnc4c3)CC2)o1. The molecule has 4 rings (SSSR count). The van der Waals surface area contributed by atoms with Crippen LogP contribution in [-0.4, -0.2) is 46.9 Å². The summed E-state index contributed by atoms with van der Waals surface area (Å²) in [6.45, 7) is 6.15. The number of carbonyl (C=O) groups is 1. The first-order valence-corrected chi connectivity index (χ1v) is 9.47. The van der Waals surface area contributed by atoms with E-state index in [1.807, 2.05) is 47.7 Å². The van der Waals surface area contributed by atoms with Gasteiger partial charge in [0.2, 0.25) is 0 Å². The molecule has 0 N–H and O–H groups in total. The summed E-state index contributed by atoms with van der Waals surface area (Å²) in [5.41, 5.74) is 3.45. The van der Waals surface area contributed by atoms with Crippen LogP contribution in [0.15, 0.2) is 40.3 Å². The van der Waals surface area contributed by atoms with Crippen molar-refractivity contribution in [3.8, 4) is 0 Å². The highest BCUT2D eigenvalue weighted by molar-refractivity contribution is 7.16. The molecule has 1 amide bonds. The lowest BCUT2D eigenvalue weighted by molar-refractivity contribution is 0.0761. The van der Waals surface area contributed by atoms with E-state index >= 15 is 0 Å². The normalized spacial score (nSPS) is 16.3. The molecule has 1 aliphatic rings. The molecule has 0 saturated carbocycles. The Morgan fingerprint density at radius 3 is 2.96 bits per heavy atom. The monoisotopic (exact) mass is 355 g/mol. The summed E-state index contributed by atoms with van der Waals surface area (Å²) >= 11 is 1.60. The van der Waals surface area contributed by atoms with Gasteiger partial charge in [-0.05, 0) is 43.7 Å². The average Bonchev–Trinajstić information content (AvgIpc) is 3.17. The van der Waals surface area contributed by atoms with E-state index in [2.05, 4.69) is 9.88 Å². The molecular weight excluding hydrogens is 334 g/mol. The highest BCUT2D eigenvalue weighted by atomic mass is 32.1. The number of rotatable bonds is 3. The van der Waals surface area contributed by atoms with E-state index in [0.717, 1.165) is 66.4 Å². The Kier molecular flexibility index (Phi) is 4.55. The van der Waals surface area contributed by atoms with Gasteiger partial charge in [0, 0.05) is 31.7 Å². The number of thiazole rings is 1. The van der Waals surface area contributed by atoms with Gasteiger partial charge in [-0.25, -0.2) is 4.98 Å². The fourth-order valence-electron chi connectivity index (χ4n) is 3.30. The minimum Gasteiger partial charge on any atom is -0.465 e. The number of furan rings is 1. The Hall–Kier alpha value is -2.18. The number of amides is 1. The average molecular weight is 355 g/mol. The van der Waals surface area contributed by atoms with Crippen molar-refractivity contribution in [1.82, 2.24) is 14.8 Å². The summed E-state index contributed by atoms with van der Waals surface area (Å²) < 4.78 is 6.79. The second-order valence-electron chi connectivity index (χ2n) is 6.47. The van der Waals surface area contributed by atoms with Crippen molar-refractivity contribution < 1.29 is 9.21 Å². The van der Waals surface area contributed by atoms with Crippen LogP contribution in [0.2, 0.25) is 0 Å². The van der Waals surface area contributed by atoms with E-state index in [-0.39, 0.29) is 5.91 Å². The molecule has 1 saturated heterocycles. The van der Waals surface area contributed by atoms with Crippen LogP contribution in [0.25, 0.3) is 10.2 Å². The Morgan fingerprint density at radius 1 is 1.20 bits per heavy atom. The van der Waals surface area contributed by atoms with Crippen molar-refractivity contribution >= 4 is 27.5 Å². The first kappa shape index (κ1) is 16.3. The lowest BCUT2D eigenvalue weighted by Crippen LogP contribution is -2.35. The highest BCUT2D eigenvalue weighted by Gasteiger charge is 2.21. The van der Waals surface area contributed by atoms with Gasteiger partial charge in [0.15, 0.2) is 0 Å². The Bertz CT molecular complexity index is 886. The largest absolute Gasteiger partial charge is 0.465 e. The first-order valence-electron chi connectivity index (χ1n) is 8.59. The zero-order chi connectivity index (χ0) is 17.2. The summed E-state index contributed by atoms with van der Waals surface area (Å²) in [4.78, 5) is 21.5. The molecule has 0 aliphatic carbocycles. The van der Waals surface area contributed by atoms with Gasteiger partial charge in [-0.3, -0.25) is 9.69 Å². The molecule has 25 heavy (non-hydrogen) atoms. The maximum Gasteiger partial charge on any atom is 0.253 e. The van der Waals surface area contributed by atoms with Crippen molar-refractivity contribution in [3.63, 3.8) is 0 Å². The fraction of sp³-hybridized carbons (Fsp3) is 0.368. The van der Waals surface area contributed by atoms with E-state index in [4.69, 9.17) is 4.42 Å². The van der Waals surface area contributed by atoms with Crippen LogP contribution in [0.1, 0.15) is 28.3 Å². The highest BCUT2D eigenvalue weighted by Crippen LogP contribution is 2.20. The van der Waals surface area contributed by atoms with Crippen LogP contribution in [0.3, 0.4) is 0 Å². The molecule has 2 aromatic heterocycles. The van der Waals surface area contributed by atoms with E-state index in [1.165, 1.54) is 0 Å². The Morgan fingerprint density at radius 2 is 2.12 bits per heavy atom. The molecule has 6 heteroatoms. The van der Waals surface area contributed by atoms with Gasteiger partial charge >= 0.3 is 0 Å². The zero-order valence-electron chi connectivity index (χ0n) is 14.3. The molecule has 3 heterocycles. The molecular formula is C19H21N3O2S. The number of hydrogen-bond donors (Lipinski definition) is 0. The third-order valence-electron chi connectivity index (χ3n) is 4.63. The summed E-state index contributed by atoms with van der Waals surface area (Å²) in [6.07, 6.45) is 0.977.